The van der Waals surface area contributed by atoms with Crippen molar-refractivity contribution in [1.82, 2.24) is 23.8 Å². The van der Waals surface area contributed by atoms with Crippen LogP contribution in [0.15, 0.2) is 24.7 Å². The summed E-state index contributed by atoms with van der Waals surface area (Å²) in [4.78, 5) is 24.4. The second-order valence-electron chi connectivity index (χ2n) is 6.27. The summed E-state index contributed by atoms with van der Waals surface area (Å²) < 4.78 is 6.48. The van der Waals surface area contributed by atoms with Gasteiger partial charge in [-0.25, -0.2) is 9.97 Å². The van der Waals surface area contributed by atoms with E-state index in [4.69, 9.17) is 0 Å². The first-order valence-corrected chi connectivity index (χ1v) is 8.91. The van der Waals surface area contributed by atoms with Crippen LogP contribution in [0.2, 0.25) is 0 Å². The van der Waals surface area contributed by atoms with Gasteiger partial charge in [0.05, 0.1) is 17.3 Å². The Morgan fingerprint density at radius 1 is 1.33 bits per heavy atom. The van der Waals surface area contributed by atoms with Crippen molar-refractivity contribution in [3.8, 4) is 0 Å². The van der Waals surface area contributed by atoms with Gasteiger partial charge in [0.25, 0.3) is 5.91 Å². The maximum absolute atomic E-state index is 12.9. The van der Waals surface area contributed by atoms with Gasteiger partial charge in [-0.1, -0.05) is 0 Å². The predicted molar refractivity (Wildman–Crippen MR) is 93.3 cm³/mol. The molecule has 0 radical (unpaired) electrons. The Kier molecular flexibility index (Phi) is 3.80. The number of hydrogen-bond donors (Lipinski definition) is 0. The molecule has 1 aliphatic heterocycles. The molecule has 1 fully saturated rings. The molecule has 7 heteroatoms. The lowest BCUT2D eigenvalue weighted by molar-refractivity contribution is 0.0678. The standard InChI is InChI=1S/C17H19N5OS/c1-11-15-8-13(9-19-16(15)24-20-11)17(23)21-6-3-4-14(10-21)22-7-5-18-12(22)2/h5,7-9,14H,3-4,6,10H2,1-2H3. The van der Waals surface area contributed by atoms with Gasteiger partial charge in [-0.2, -0.15) is 4.37 Å². The number of rotatable bonds is 2. The predicted octanol–water partition coefficient (Wildman–Crippen LogP) is 2.98. The molecule has 1 amide bonds. The molecule has 124 valence electrons. The Morgan fingerprint density at radius 2 is 2.21 bits per heavy atom. The summed E-state index contributed by atoms with van der Waals surface area (Å²) in [6.07, 6.45) is 7.57. The molecule has 0 spiro atoms. The number of carbonyl (C=O) groups excluding carboxylic acids is 1. The summed E-state index contributed by atoms with van der Waals surface area (Å²) in [7, 11) is 0. The molecule has 1 aliphatic rings. The molecule has 1 saturated heterocycles. The van der Waals surface area contributed by atoms with Crippen LogP contribution < -0.4 is 0 Å². The van der Waals surface area contributed by atoms with Crippen LogP contribution in [0.3, 0.4) is 0 Å². The van der Waals surface area contributed by atoms with Gasteiger partial charge in [0.2, 0.25) is 0 Å². The average Bonchev–Trinajstić information content (AvgIpc) is 3.20. The van der Waals surface area contributed by atoms with Crippen molar-refractivity contribution >= 4 is 27.7 Å². The Hall–Kier alpha value is -2.28. The van der Waals surface area contributed by atoms with Crippen molar-refractivity contribution in [1.29, 1.82) is 0 Å². The molecule has 0 N–H and O–H groups in total. The molecule has 0 aromatic carbocycles. The van der Waals surface area contributed by atoms with Gasteiger partial charge >= 0.3 is 0 Å². The number of pyridine rings is 1. The van der Waals surface area contributed by atoms with Gasteiger partial charge in [-0.05, 0) is 44.3 Å². The van der Waals surface area contributed by atoms with E-state index >= 15 is 0 Å². The van der Waals surface area contributed by atoms with Crippen LogP contribution >= 0.6 is 11.5 Å². The third-order valence-electron chi connectivity index (χ3n) is 4.70. The number of imidazole rings is 1. The maximum atomic E-state index is 12.9. The lowest BCUT2D eigenvalue weighted by atomic mass is 10.0. The van der Waals surface area contributed by atoms with Crippen molar-refractivity contribution in [2.24, 2.45) is 0 Å². The minimum absolute atomic E-state index is 0.0532. The van der Waals surface area contributed by atoms with E-state index in [-0.39, 0.29) is 5.91 Å². The van der Waals surface area contributed by atoms with E-state index in [0.717, 1.165) is 47.7 Å². The first-order chi connectivity index (χ1) is 11.6. The van der Waals surface area contributed by atoms with Crippen molar-refractivity contribution in [3.05, 3.63) is 41.7 Å². The summed E-state index contributed by atoms with van der Waals surface area (Å²) in [5.41, 5.74) is 1.58. The van der Waals surface area contributed by atoms with E-state index in [1.54, 1.807) is 6.20 Å². The van der Waals surface area contributed by atoms with Crippen LogP contribution in [-0.4, -0.2) is 42.8 Å². The molecular formula is C17H19N5OS. The van der Waals surface area contributed by atoms with Crippen LogP contribution in [0.5, 0.6) is 0 Å². The van der Waals surface area contributed by atoms with Crippen molar-refractivity contribution in [3.63, 3.8) is 0 Å². The molecule has 3 aromatic heterocycles. The highest BCUT2D eigenvalue weighted by Gasteiger charge is 2.26. The van der Waals surface area contributed by atoms with Crippen LogP contribution in [0, 0.1) is 13.8 Å². The van der Waals surface area contributed by atoms with E-state index in [1.807, 2.05) is 37.2 Å². The highest BCUT2D eigenvalue weighted by molar-refractivity contribution is 7.12. The van der Waals surface area contributed by atoms with Crippen molar-refractivity contribution in [2.75, 3.05) is 13.1 Å². The second-order valence-corrected chi connectivity index (χ2v) is 7.03. The number of aryl methyl sites for hydroxylation is 2. The van der Waals surface area contributed by atoms with E-state index in [1.165, 1.54) is 11.5 Å². The smallest absolute Gasteiger partial charge is 0.255 e. The quantitative estimate of drug-likeness (QED) is 0.719. The summed E-state index contributed by atoms with van der Waals surface area (Å²) in [5.74, 6) is 1.05. The molecule has 3 aromatic rings. The minimum Gasteiger partial charge on any atom is -0.337 e. The zero-order valence-electron chi connectivity index (χ0n) is 13.8. The number of likely N-dealkylation sites (tertiary alicyclic amines) is 1. The SMILES string of the molecule is Cc1nsc2ncc(C(=O)N3CCCC(n4ccnc4C)C3)cc12. The van der Waals surface area contributed by atoms with Gasteiger partial charge < -0.3 is 9.47 Å². The van der Waals surface area contributed by atoms with Gasteiger partial charge in [0.1, 0.15) is 10.7 Å². The van der Waals surface area contributed by atoms with E-state index in [9.17, 15) is 4.79 Å². The molecule has 4 rings (SSSR count). The molecule has 4 heterocycles. The van der Waals surface area contributed by atoms with Gasteiger partial charge in [-0.3, -0.25) is 4.79 Å². The number of nitrogens with zero attached hydrogens (tertiary/aromatic N) is 5. The van der Waals surface area contributed by atoms with E-state index < -0.39 is 0 Å². The lowest BCUT2D eigenvalue weighted by Crippen LogP contribution is -2.40. The molecule has 1 atom stereocenters. The molecular weight excluding hydrogens is 322 g/mol. The third-order valence-corrected chi connectivity index (χ3v) is 5.56. The molecule has 0 bridgehead atoms. The fourth-order valence-electron chi connectivity index (χ4n) is 3.38. The normalized spacial score (nSPS) is 18.2. The zero-order chi connectivity index (χ0) is 16.7. The first-order valence-electron chi connectivity index (χ1n) is 8.14. The van der Waals surface area contributed by atoms with Crippen molar-refractivity contribution in [2.45, 2.75) is 32.7 Å². The maximum Gasteiger partial charge on any atom is 0.255 e. The summed E-state index contributed by atoms with van der Waals surface area (Å²) >= 11 is 1.37. The Labute approximate surface area is 144 Å². The largest absolute Gasteiger partial charge is 0.337 e. The van der Waals surface area contributed by atoms with Crippen molar-refractivity contribution < 1.29 is 4.79 Å². The van der Waals surface area contributed by atoms with Crippen LogP contribution in [0.1, 0.15) is 40.8 Å². The van der Waals surface area contributed by atoms with Crippen LogP contribution in [-0.2, 0) is 0 Å². The summed E-state index contributed by atoms with van der Waals surface area (Å²) in [6.45, 7) is 5.47. The van der Waals surface area contributed by atoms with Gasteiger partial charge in [0, 0.05) is 37.1 Å². The number of carbonyl (C=O) groups is 1. The molecule has 0 saturated carbocycles. The monoisotopic (exact) mass is 341 g/mol. The lowest BCUT2D eigenvalue weighted by Gasteiger charge is -2.34. The van der Waals surface area contributed by atoms with Crippen LogP contribution in [0.25, 0.3) is 10.2 Å². The van der Waals surface area contributed by atoms with E-state index in [2.05, 4.69) is 18.9 Å². The number of piperidine rings is 1. The Balaban J connectivity index is 1.58. The average molecular weight is 341 g/mol. The Bertz CT molecular complexity index is 899. The van der Waals surface area contributed by atoms with Gasteiger partial charge in [0.15, 0.2) is 0 Å². The summed E-state index contributed by atoms with van der Waals surface area (Å²) in [6, 6.07) is 2.22. The van der Waals surface area contributed by atoms with E-state index in [0.29, 0.717) is 11.6 Å². The number of aromatic nitrogens is 4. The molecule has 6 nitrogen and oxygen atoms in total. The molecule has 24 heavy (non-hydrogen) atoms. The fraction of sp³-hybridized carbons (Fsp3) is 0.412. The Morgan fingerprint density at radius 3 is 3.00 bits per heavy atom. The number of amides is 1. The highest BCUT2D eigenvalue weighted by Crippen LogP contribution is 2.25. The third kappa shape index (κ3) is 2.58. The number of hydrogen-bond acceptors (Lipinski definition) is 5. The summed E-state index contributed by atoms with van der Waals surface area (Å²) in [5, 5.41) is 0.977. The zero-order valence-corrected chi connectivity index (χ0v) is 14.6. The first kappa shape index (κ1) is 15.3. The molecule has 0 aliphatic carbocycles. The topological polar surface area (TPSA) is 63.9 Å². The highest BCUT2D eigenvalue weighted by atomic mass is 32.1. The minimum atomic E-state index is 0.0532. The second kappa shape index (κ2) is 5.98. The fourth-order valence-corrected chi connectivity index (χ4v) is 4.11. The molecule has 1 unspecified atom stereocenters. The number of fused-ring (bicyclic) bond motifs is 1. The van der Waals surface area contributed by atoms with Gasteiger partial charge in [-0.15, -0.1) is 0 Å². The van der Waals surface area contributed by atoms with Crippen LogP contribution in [0.4, 0.5) is 0 Å².